The van der Waals surface area contributed by atoms with Gasteiger partial charge in [-0.1, -0.05) is 75.4 Å². The molecular formula is C24H27FeO9S3. The minimum Gasteiger partial charge on any atom is -0.744 e. The van der Waals surface area contributed by atoms with Crippen LogP contribution < -0.4 is 0 Å². The van der Waals surface area contributed by atoms with Gasteiger partial charge in [0.25, 0.3) is 0 Å². The molecule has 3 aromatic rings. The van der Waals surface area contributed by atoms with Crippen LogP contribution in [0.1, 0.15) is 37.5 Å². The largest absolute Gasteiger partial charge is 3.00 e. The predicted octanol–water partition coefficient (Wildman–Crippen LogP) is 3.46. The van der Waals surface area contributed by atoms with Crippen molar-refractivity contribution in [3.05, 3.63) is 89.5 Å². The quantitative estimate of drug-likeness (QED) is 0.299. The van der Waals surface area contributed by atoms with E-state index in [4.69, 9.17) is 0 Å². The van der Waals surface area contributed by atoms with Crippen LogP contribution in [0.25, 0.3) is 0 Å². The van der Waals surface area contributed by atoms with Gasteiger partial charge in [-0.2, -0.15) is 0 Å². The Balaban J connectivity index is 0.000000518. The third-order valence-electron chi connectivity index (χ3n) is 4.87. The fourth-order valence-electron chi connectivity index (χ4n) is 3.12. The van der Waals surface area contributed by atoms with Crippen LogP contribution in [-0.2, 0) is 66.7 Å². The van der Waals surface area contributed by atoms with Crippen LogP contribution in [0.5, 0.6) is 0 Å². The van der Waals surface area contributed by atoms with Crippen molar-refractivity contribution in [1.82, 2.24) is 0 Å². The normalized spacial score (nSPS) is 11.2. The Morgan fingerprint density at radius 2 is 0.649 bits per heavy atom. The summed E-state index contributed by atoms with van der Waals surface area (Å²) in [5, 5.41) is 0. The number of hydrogen-bond donors (Lipinski definition) is 0. The van der Waals surface area contributed by atoms with Crippen molar-refractivity contribution in [3.63, 3.8) is 0 Å². The van der Waals surface area contributed by atoms with E-state index in [1.165, 1.54) is 18.2 Å². The number of hydrogen-bond acceptors (Lipinski definition) is 9. The van der Waals surface area contributed by atoms with Gasteiger partial charge in [0, 0.05) is 0 Å². The molecule has 3 rings (SSSR count). The van der Waals surface area contributed by atoms with Gasteiger partial charge in [0.05, 0.1) is 14.7 Å². The van der Waals surface area contributed by atoms with Crippen LogP contribution in [0.4, 0.5) is 0 Å². The molecule has 0 aliphatic carbocycles. The van der Waals surface area contributed by atoms with E-state index in [9.17, 15) is 38.9 Å². The smallest absolute Gasteiger partial charge is 0.744 e. The summed E-state index contributed by atoms with van der Waals surface area (Å²) in [6.45, 7) is 5.43. The summed E-state index contributed by atoms with van der Waals surface area (Å²) in [5.41, 5.74) is 1.73. The van der Waals surface area contributed by atoms with Crippen molar-refractivity contribution in [1.29, 1.82) is 0 Å². The molecule has 3 aromatic carbocycles. The molecule has 0 unspecified atom stereocenters. The van der Waals surface area contributed by atoms with Crippen LogP contribution in [0.2, 0.25) is 0 Å². The van der Waals surface area contributed by atoms with E-state index in [-0.39, 0.29) is 31.8 Å². The maximum Gasteiger partial charge on any atom is 3.00 e. The summed E-state index contributed by atoms with van der Waals surface area (Å²) < 4.78 is 95.9. The zero-order valence-electron chi connectivity index (χ0n) is 20.3. The average molecular weight is 612 g/mol. The SMILES string of the molecule is CCc1ccccc1S(=O)(=O)[O-].CCc1ccccc1S(=O)(=O)[O-].CCc1ccccc1S(=O)(=O)[O-].[Fe+3]. The third kappa shape index (κ3) is 11.5. The summed E-state index contributed by atoms with van der Waals surface area (Å²) in [7, 11) is -12.9. The number of benzene rings is 3. The van der Waals surface area contributed by atoms with Crippen LogP contribution in [0.15, 0.2) is 87.5 Å². The van der Waals surface area contributed by atoms with Crippen molar-refractivity contribution in [3.8, 4) is 0 Å². The predicted molar refractivity (Wildman–Crippen MR) is 131 cm³/mol. The Labute approximate surface area is 229 Å². The zero-order chi connectivity index (χ0) is 27.6. The molecule has 0 N–H and O–H groups in total. The van der Waals surface area contributed by atoms with Crippen molar-refractivity contribution < 1.29 is 56.0 Å². The Morgan fingerprint density at radius 1 is 0.459 bits per heavy atom. The van der Waals surface area contributed by atoms with Crippen molar-refractivity contribution in [2.45, 2.75) is 54.7 Å². The molecule has 13 heteroatoms. The summed E-state index contributed by atoms with van der Waals surface area (Å²) in [6.07, 6.45) is 1.66. The summed E-state index contributed by atoms with van der Waals surface area (Å²) in [5.74, 6) is 0. The first-order valence-electron chi connectivity index (χ1n) is 10.8. The van der Waals surface area contributed by atoms with Crippen molar-refractivity contribution >= 4 is 30.4 Å². The van der Waals surface area contributed by atoms with Gasteiger partial charge < -0.3 is 13.7 Å². The van der Waals surface area contributed by atoms with E-state index in [2.05, 4.69) is 0 Å². The first-order valence-corrected chi connectivity index (χ1v) is 15.0. The van der Waals surface area contributed by atoms with Gasteiger partial charge in [-0.15, -0.1) is 0 Å². The molecule has 0 aromatic heterocycles. The number of aryl methyl sites for hydroxylation is 3. The average Bonchev–Trinajstić information content (AvgIpc) is 2.83. The minimum absolute atomic E-state index is 0. The van der Waals surface area contributed by atoms with Crippen LogP contribution in [0.3, 0.4) is 0 Å². The molecular weight excluding hydrogens is 584 g/mol. The topological polar surface area (TPSA) is 172 Å². The Bertz CT molecular complexity index is 1290. The molecule has 0 fully saturated rings. The maximum atomic E-state index is 10.7. The molecule has 0 heterocycles. The standard InChI is InChI=1S/3C8H10O3S.Fe/c3*1-2-7-5-3-4-6-8(7)12(9,10)11;/h3*3-6H,2H2,1H3,(H,9,10,11);/q;;;+3/p-3. The summed E-state index contributed by atoms with van der Waals surface area (Å²) in [4.78, 5) is -0.312. The molecule has 0 atom stereocenters. The first kappa shape index (κ1) is 34.9. The summed E-state index contributed by atoms with van der Waals surface area (Å²) >= 11 is 0. The Hall–Kier alpha value is -2.09. The molecule has 0 saturated carbocycles. The van der Waals surface area contributed by atoms with Crippen LogP contribution in [-0.4, -0.2) is 38.9 Å². The molecule has 0 spiro atoms. The summed E-state index contributed by atoms with van der Waals surface area (Å²) in [6, 6.07) is 18.7. The fraction of sp³-hybridized carbons (Fsp3) is 0.250. The van der Waals surface area contributed by atoms with Crippen LogP contribution in [0, 0.1) is 0 Å². The minimum atomic E-state index is -4.30. The van der Waals surface area contributed by atoms with Gasteiger partial charge in [-0.25, -0.2) is 25.3 Å². The fourth-order valence-corrected chi connectivity index (χ4v) is 5.46. The van der Waals surface area contributed by atoms with E-state index in [1.807, 2.05) is 20.8 Å². The van der Waals surface area contributed by atoms with Gasteiger partial charge >= 0.3 is 17.1 Å². The van der Waals surface area contributed by atoms with E-state index >= 15 is 0 Å². The molecule has 203 valence electrons. The molecule has 0 amide bonds. The number of rotatable bonds is 6. The first-order chi connectivity index (χ1) is 16.7. The molecule has 0 aliphatic heterocycles. The van der Waals surface area contributed by atoms with Gasteiger partial charge in [-0.05, 0) is 54.2 Å². The molecule has 0 bridgehead atoms. The van der Waals surface area contributed by atoms with E-state index in [0.717, 1.165) is 0 Å². The molecule has 37 heavy (non-hydrogen) atoms. The Morgan fingerprint density at radius 3 is 0.784 bits per heavy atom. The van der Waals surface area contributed by atoms with Gasteiger partial charge in [0.1, 0.15) is 30.4 Å². The van der Waals surface area contributed by atoms with E-state index in [1.54, 1.807) is 54.6 Å². The second-order valence-corrected chi connectivity index (χ2v) is 11.3. The van der Waals surface area contributed by atoms with Crippen molar-refractivity contribution in [2.24, 2.45) is 0 Å². The van der Waals surface area contributed by atoms with Gasteiger partial charge in [0.15, 0.2) is 0 Å². The van der Waals surface area contributed by atoms with Gasteiger partial charge in [-0.3, -0.25) is 0 Å². The molecule has 0 saturated heterocycles. The zero-order valence-corrected chi connectivity index (χ0v) is 23.9. The van der Waals surface area contributed by atoms with Crippen molar-refractivity contribution in [2.75, 3.05) is 0 Å². The van der Waals surface area contributed by atoms with Gasteiger partial charge in [0.2, 0.25) is 0 Å². The maximum absolute atomic E-state index is 10.7. The molecule has 0 aliphatic rings. The Kier molecular flexibility index (Phi) is 14.5. The monoisotopic (exact) mass is 611 g/mol. The third-order valence-corrected chi connectivity index (χ3v) is 7.68. The van der Waals surface area contributed by atoms with E-state index in [0.29, 0.717) is 36.0 Å². The molecule has 9 nitrogen and oxygen atoms in total. The second-order valence-electron chi connectivity index (χ2n) is 7.25. The molecule has 1 radical (unpaired) electrons. The second kappa shape index (κ2) is 15.4. The van der Waals surface area contributed by atoms with Crippen LogP contribution >= 0.6 is 0 Å². The van der Waals surface area contributed by atoms with E-state index < -0.39 is 30.4 Å².